The summed E-state index contributed by atoms with van der Waals surface area (Å²) >= 11 is 0. The second-order valence-electron chi connectivity index (χ2n) is 17.6. The minimum absolute atomic E-state index is 0.167. The first kappa shape index (κ1) is 58.1. The number of carbonyl (C=O) groups is 2. The number of aliphatic hydroxyl groups excluding tert-OH is 7. The summed E-state index contributed by atoms with van der Waals surface area (Å²) in [4.78, 5) is 25.7. The zero-order chi connectivity index (χ0) is 46.8. The summed E-state index contributed by atoms with van der Waals surface area (Å²) in [6.45, 7) is 2.55. The number of allylic oxidation sites excluding steroid dienone is 4. The maximum Gasteiger partial charge on any atom is 0.306 e. The quantitative estimate of drug-likeness (QED) is 0.0203. The Morgan fingerprint density at radius 1 is 0.500 bits per heavy atom. The molecule has 4 unspecified atom stereocenters. The van der Waals surface area contributed by atoms with E-state index < -0.39 is 92.7 Å². The van der Waals surface area contributed by atoms with Crippen molar-refractivity contribution in [3.63, 3.8) is 0 Å². The van der Waals surface area contributed by atoms with E-state index in [1.807, 2.05) is 0 Å². The van der Waals surface area contributed by atoms with Crippen LogP contribution in [0.3, 0.4) is 0 Å². The van der Waals surface area contributed by atoms with E-state index in [4.69, 9.17) is 28.4 Å². The average molecular weight is 917 g/mol. The molecule has 15 heteroatoms. The third-order valence-corrected chi connectivity index (χ3v) is 11.9. The Morgan fingerprint density at radius 3 is 1.48 bits per heavy atom. The molecule has 2 rings (SSSR count). The highest BCUT2D eigenvalue weighted by Crippen LogP contribution is 2.26. The van der Waals surface area contributed by atoms with Crippen LogP contribution in [0.2, 0.25) is 0 Å². The lowest BCUT2D eigenvalue weighted by molar-refractivity contribution is -0.332. The molecule has 11 atom stereocenters. The molecule has 0 amide bonds. The number of unbranched alkanes of at least 4 members (excludes halogenated alkanes) is 20. The van der Waals surface area contributed by atoms with Crippen molar-refractivity contribution < 1.29 is 73.8 Å². The summed E-state index contributed by atoms with van der Waals surface area (Å²) in [5.41, 5.74) is 0. The molecule has 0 aromatic heterocycles. The van der Waals surface area contributed by atoms with Crippen LogP contribution in [0.5, 0.6) is 0 Å². The summed E-state index contributed by atoms with van der Waals surface area (Å²) in [6.07, 6.45) is 19.2. The molecule has 0 bridgehead atoms. The topological polar surface area (TPSA) is 231 Å². The number of carbonyl (C=O) groups excluding carboxylic acids is 2. The fourth-order valence-corrected chi connectivity index (χ4v) is 7.78. The SMILES string of the molecule is CCCCC/C=C/C/C=C/CCCCCCCCCC(=O)OC[C@@H](CO[C@@H]1O[C@H](CO[C@@H]2O[C@H](CO)[C@H](O)C(O)C2O)[C@H](O)C(O)C1O)OC(=O)CCCCCCCCCCCCC. The normalized spacial score (nSPS) is 26.8. The summed E-state index contributed by atoms with van der Waals surface area (Å²) in [5, 5.41) is 71.9. The van der Waals surface area contributed by atoms with Crippen molar-refractivity contribution in [2.45, 2.75) is 248 Å². The lowest BCUT2D eigenvalue weighted by Gasteiger charge is -2.42. The third kappa shape index (κ3) is 25.2. The lowest BCUT2D eigenvalue weighted by Crippen LogP contribution is -2.61. The molecule has 0 radical (unpaired) electrons. The number of ether oxygens (including phenoxy) is 6. The highest BCUT2D eigenvalue weighted by atomic mass is 16.7. The molecule has 0 saturated carbocycles. The van der Waals surface area contributed by atoms with Gasteiger partial charge in [-0.15, -0.1) is 0 Å². The zero-order valence-electron chi connectivity index (χ0n) is 39.3. The summed E-state index contributed by atoms with van der Waals surface area (Å²) < 4.78 is 33.5. The van der Waals surface area contributed by atoms with E-state index in [9.17, 15) is 45.3 Å². The fraction of sp³-hybridized carbons (Fsp3) is 0.878. The van der Waals surface area contributed by atoms with Crippen LogP contribution in [0.1, 0.15) is 181 Å². The number of hydrogen-bond donors (Lipinski definition) is 7. The second kappa shape index (κ2) is 37.0. The Morgan fingerprint density at radius 2 is 0.938 bits per heavy atom. The van der Waals surface area contributed by atoms with Crippen molar-refractivity contribution in [1.29, 1.82) is 0 Å². The van der Waals surface area contributed by atoms with Crippen molar-refractivity contribution >= 4 is 11.9 Å². The fourth-order valence-electron chi connectivity index (χ4n) is 7.78. The van der Waals surface area contributed by atoms with Crippen molar-refractivity contribution in [1.82, 2.24) is 0 Å². The minimum Gasteiger partial charge on any atom is -0.462 e. The first-order valence-corrected chi connectivity index (χ1v) is 24.9. The van der Waals surface area contributed by atoms with E-state index in [1.54, 1.807) is 0 Å². The van der Waals surface area contributed by atoms with E-state index in [2.05, 4.69) is 38.2 Å². The van der Waals surface area contributed by atoms with Gasteiger partial charge in [-0.2, -0.15) is 0 Å². The highest BCUT2D eigenvalue weighted by Gasteiger charge is 2.47. The van der Waals surface area contributed by atoms with Crippen LogP contribution in [0, 0.1) is 0 Å². The molecule has 2 aliphatic rings. The first-order chi connectivity index (χ1) is 31.0. The van der Waals surface area contributed by atoms with Crippen LogP contribution in [0.15, 0.2) is 24.3 Å². The van der Waals surface area contributed by atoms with Crippen molar-refractivity contribution in [2.24, 2.45) is 0 Å². The smallest absolute Gasteiger partial charge is 0.306 e. The average Bonchev–Trinajstić information content (AvgIpc) is 3.29. The predicted octanol–water partition coefficient (Wildman–Crippen LogP) is 6.38. The molecule has 15 nitrogen and oxygen atoms in total. The van der Waals surface area contributed by atoms with Crippen LogP contribution in [-0.2, 0) is 38.0 Å². The maximum atomic E-state index is 12.9. The zero-order valence-corrected chi connectivity index (χ0v) is 39.3. The summed E-state index contributed by atoms with van der Waals surface area (Å²) in [7, 11) is 0. The minimum atomic E-state index is -1.76. The van der Waals surface area contributed by atoms with Crippen molar-refractivity contribution in [3.8, 4) is 0 Å². The van der Waals surface area contributed by atoms with Gasteiger partial charge < -0.3 is 64.2 Å². The number of hydrogen-bond acceptors (Lipinski definition) is 15. The van der Waals surface area contributed by atoms with Crippen LogP contribution in [0.25, 0.3) is 0 Å². The molecule has 0 spiro atoms. The standard InChI is InChI=1S/C49H88O15/c1-3-5-7-9-11-13-15-16-17-18-19-20-22-23-25-27-29-31-40(51)59-34-37(62-41(52)32-30-28-26-24-21-14-12-10-8-6-4-2)35-60-48-47(58)45(56)43(54)39(64-48)36-61-49-46(57)44(55)42(53)38(33-50)63-49/h11,13,16-17,37-39,42-50,53-58H,3-10,12,14-15,18-36H2,1-2H3/b13-11+,17-16+/t37-,38+,39+,42-,43-,44?,45?,46?,47?,48+,49+/m0/s1. The molecule has 2 heterocycles. The molecule has 2 aliphatic heterocycles. The van der Waals surface area contributed by atoms with E-state index in [-0.39, 0.29) is 26.1 Å². The van der Waals surface area contributed by atoms with Crippen LogP contribution in [0.4, 0.5) is 0 Å². The van der Waals surface area contributed by atoms with Gasteiger partial charge in [0.15, 0.2) is 18.7 Å². The molecule has 64 heavy (non-hydrogen) atoms. The number of esters is 2. The monoisotopic (exact) mass is 917 g/mol. The van der Waals surface area contributed by atoms with Gasteiger partial charge in [-0.25, -0.2) is 0 Å². The van der Waals surface area contributed by atoms with Gasteiger partial charge in [0.25, 0.3) is 0 Å². The molecule has 374 valence electrons. The van der Waals surface area contributed by atoms with Crippen LogP contribution < -0.4 is 0 Å². The predicted molar refractivity (Wildman–Crippen MR) is 243 cm³/mol. The second-order valence-corrected chi connectivity index (χ2v) is 17.6. The van der Waals surface area contributed by atoms with Gasteiger partial charge in [0.05, 0.1) is 19.8 Å². The number of rotatable bonds is 38. The van der Waals surface area contributed by atoms with Gasteiger partial charge >= 0.3 is 11.9 Å². The Bertz CT molecular complexity index is 1220. The Labute approximate surface area is 383 Å². The van der Waals surface area contributed by atoms with Crippen LogP contribution in [-0.4, -0.2) is 142 Å². The Hall–Kier alpha value is -2.02. The Balaban J connectivity index is 1.81. The summed E-state index contributed by atoms with van der Waals surface area (Å²) in [5.74, 6) is -0.930. The summed E-state index contributed by atoms with van der Waals surface area (Å²) in [6, 6.07) is 0. The van der Waals surface area contributed by atoms with Gasteiger partial charge in [0.2, 0.25) is 0 Å². The molecule has 2 fully saturated rings. The van der Waals surface area contributed by atoms with E-state index in [1.165, 1.54) is 83.5 Å². The molecule has 0 aromatic carbocycles. The molecule has 7 N–H and O–H groups in total. The maximum absolute atomic E-state index is 12.9. The van der Waals surface area contributed by atoms with Gasteiger partial charge in [0.1, 0.15) is 55.4 Å². The van der Waals surface area contributed by atoms with Crippen molar-refractivity contribution in [2.75, 3.05) is 26.4 Å². The van der Waals surface area contributed by atoms with Crippen molar-refractivity contribution in [3.05, 3.63) is 24.3 Å². The van der Waals surface area contributed by atoms with Gasteiger partial charge in [-0.3, -0.25) is 9.59 Å². The third-order valence-electron chi connectivity index (χ3n) is 11.9. The van der Waals surface area contributed by atoms with E-state index >= 15 is 0 Å². The van der Waals surface area contributed by atoms with Gasteiger partial charge in [-0.05, 0) is 44.9 Å². The molecular weight excluding hydrogens is 829 g/mol. The first-order valence-electron chi connectivity index (χ1n) is 24.9. The van der Waals surface area contributed by atoms with Crippen LogP contribution >= 0.6 is 0 Å². The van der Waals surface area contributed by atoms with E-state index in [0.717, 1.165) is 57.8 Å². The molecular formula is C49H88O15. The number of aliphatic hydroxyl groups is 7. The molecule has 2 saturated heterocycles. The Kier molecular flexibility index (Phi) is 33.6. The molecule has 0 aliphatic carbocycles. The lowest BCUT2D eigenvalue weighted by atomic mass is 9.98. The molecule has 0 aromatic rings. The van der Waals surface area contributed by atoms with E-state index in [0.29, 0.717) is 12.8 Å². The van der Waals surface area contributed by atoms with Gasteiger partial charge in [0, 0.05) is 12.8 Å². The van der Waals surface area contributed by atoms with Gasteiger partial charge in [-0.1, -0.05) is 147 Å². The largest absolute Gasteiger partial charge is 0.462 e. The highest BCUT2D eigenvalue weighted by molar-refractivity contribution is 5.70.